The Balaban J connectivity index is 2.47. The van der Waals surface area contributed by atoms with Crippen LogP contribution < -0.4 is 5.56 Å². The predicted molar refractivity (Wildman–Crippen MR) is 55.0 cm³/mol. The van der Waals surface area contributed by atoms with Crippen molar-refractivity contribution in [2.24, 2.45) is 0 Å². The molecule has 96 valence electrons. The van der Waals surface area contributed by atoms with E-state index in [4.69, 9.17) is 11.6 Å². The maximum absolute atomic E-state index is 11.7. The predicted octanol–water partition coefficient (Wildman–Crippen LogP) is 1.63. The summed E-state index contributed by atoms with van der Waals surface area (Å²) in [6, 6.07) is 1.23. The maximum atomic E-state index is 11.7. The average molecular weight is 271 g/mol. The number of H-pyrrole nitrogens is 1. The van der Waals surface area contributed by atoms with Crippen molar-refractivity contribution in [1.29, 1.82) is 0 Å². The molecule has 0 aliphatic carbocycles. The molecular weight excluding hydrogens is 261 g/mol. The van der Waals surface area contributed by atoms with Gasteiger partial charge < -0.3 is 9.72 Å². The van der Waals surface area contributed by atoms with Gasteiger partial charge in [-0.3, -0.25) is 4.79 Å². The van der Waals surface area contributed by atoms with Crippen LogP contribution >= 0.6 is 11.6 Å². The normalized spacial score (nSPS) is 11.8. The van der Waals surface area contributed by atoms with Gasteiger partial charge in [0.2, 0.25) is 0 Å². The van der Waals surface area contributed by atoms with Gasteiger partial charge in [-0.2, -0.15) is 13.2 Å². The van der Waals surface area contributed by atoms with Crippen LogP contribution in [-0.4, -0.2) is 29.4 Å². The van der Waals surface area contributed by atoms with E-state index in [1.165, 1.54) is 6.07 Å². The van der Waals surface area contributed by atoms with Gasteiger partial charge in [0.25, 0.3) is 5.56 Å². The topological polar surface area (TPSA) is 55.0 Å². The minimum Gasteiger partial charge on any atom is -0.372 e. The van der Waals surface area contributed by atoms with Gasteiger partial charge in [-0.15, -0.1) is 11.6 Å². The fourth-order valence-electron chi connectivity index (χ4n) is 1.11. The lowest BCUT2D eigenvalue weighted by molar-refractivity contribution is -0.173. The number of nitrogens with one attached hydrogen (secondary N) is 1. The fraction of sp³-hybridized carbons (Fsp3) is 0.556. The summed E-state index contributed by atoms with van der Waals surface area (Å²) < 4.78 is 39.6. The Hall–Kier alpha value is -1.08. The van der Waals surface area contributed by atoms with E-state index in [-0.39, 0.29) is 30.3 Å². The molecule has 0 unspecified atom stereocenters. The molecule has 1 N–H and O–H groups in total. The summed E-state index contributed by atoms with van der Waals surface area (Å²) in [6.45, 7) is -1.49. The van der Waals surface area contributed by atoms with Gasteiger partial charge in [0.15, 0.2) is 0 Å². The summed E-state index contributed by atoms with van der Waals surface area (Å²) in [5.74, 6) is 0.329. The molecule has 1 rings (SSSR count). The lowest BCUT2D eigenvalue weighted by Crippen LogP contribution is -2.19. The van der Waals surface area contributed by atoms with Crippen molar-refractivity contribution in [3.8, 4) is 0 Å². The van der Waals surface area contributed by atoms with Gasteiger partial charge in [0.05, 0.1) is 18.2 Å². The first kappa shape index (κ1) is 14.0. The molecule has 0 saturated carbocycles. The van der Waals surface area contributed by atoms with E-state index < -0.39 is 12.8 Å². The molecule has 0 aliphatic heterocycles. The number of aromatic amines is 1. The molecule has 0 aliphatic rings. The highest BCUT2D eigenvalue weighted by Crippen LogP contribution is 2.14. The highest BCUT2D eigenvalue weighted by atomic mass is 35.5. The molecule has 4 nitrogen and oxygen atoms in total. The summed E-state index contributed by atoms with van der Waals surface area (Å²) in [7, 11) is 0. The van der Waals surface area contributed by atoms with Crippen LogP contribution in [-0.2, 0) is 17.0 Å². The molecule has 0 spiro atoms. The van der Waals surface area contributed by atoms with E-state index in [0.717, 1.165) is 0 Å². The van der Waals surface area contributed by atoms with Crippen LogP contribution in [0.1, 0.15) is 11.5 Å². The van der Waals surface area contributed by atoms with Gasteiger partial charge in [-0.05, 0) is 0 Å². The number of alkyl halides is 4. The molecule has 1 aromatic rings. The van der Waals surface area contributed by atoms with Gasteiger partial charge in [0, 0.05) is 12.5 Å². The Labute approximate surface area is 99.8 Å². The SMILES string of the molecule is O=c1cc(CCl)nc(CCOCC(F)(F)F)[nH]1. The minimum absolute atomic E-state index is 0.0698. The first-order valence-corrected chi connectivity index (χ1v) is 5.24. The molecule has 0 aromatic carbocycles. The minimum atomic E-state index is -4.35. The number of hydrogen-bond acceptors (Lipinski definition) is 3. The Morgan fingerprint density at radius 1 is 1.47 bits per heavy atom. The molecule has 0 amide bonds. The number of nitrogens with zero attached hydrogens (tertiary/aromatic N) is 1. The van der Waals surface area contributed by atoms with Crippen molar-refractivity contribution >= 4 is 11.6 Å². The summed E-state index contributed by atoms with van der Waals surface area (Å²) >= 11 is 5.50. The van der Waals surface area contributed by atoms with Crippen LogP contribution in [0.25, 0.3) is 0 Å². The van der Waals surface area contributed by atoms with Crippen molar-refractivity contribution in [2.75, 3.05) is 13.2 Å². The van der Waals surface area contributed by atoms with Crippen LogP contribution in [0.5, 0.6) is 0 Å². The third kappa shape index (κ3) is 5.69. The van der Waals surface area contributed by atoms with Gasteiger partial charge >= 0.3 is 6.18 Å². The van der Waals surface area contributed by atoms with E-state index in [0.29, 0.717) is 5.69 Å². The quantitative estimate of drug-likeness (QED) is 0.654. The smallest absolute Gasteiger partial charge is 0.372 e. The van der Waals surface area contributed by atoms with Crippen molar-refractivity contribution in [3.63, 3.8) is 0 Å². The van der Waals surface area contributed by atoms with Crippen LogP contribution in [0, 0.1) is 0 Å². The molecule has 1 aromatic heterocycles. The molecule has 0 atom stereocenters. The molecule has 0 fully saturated rings. The number of hydrogen-bond donors (Lipinski definition) is 1. The maximum Gasteiger partial charge on any atom is 0.411 e. The van der Waals surface area contributed by atoms with Crippen LogP contribution in [0.15, 0.2) is 10.9 Å². The van der Waals surface area contributed by atoms with Crippen molar-refractivity contribution in [3.05, 3.63) is 27.9 Å². The molecule has 0 saturated heterocycles. The van der Waals surface area contributed by atoms with Gasteiger partial charge in [0.1, 0.15) is 12.4 Å². The zero-order valence-electron chi connectivity index (χ0n) is 8.68. The van der Waals surface area contributed by atoms with E-state index in [1.807, 2.05) is 0 Å². The molecule has 1 heterocycles. The Kier molecular flexibility index (Phi) is 4.95. The standard InChI is InChI=1S/C9H10ClF3N2O2/c10-4-6-3-8(16)15-7(14-6)1-2-17-5-9(11,12)13/h3H,1-2,4-5H2,(H,14,15,16). The monoisotopic (exact) mass is 270 g/mol. The summed E-state index contributed by atoms with van der Waals surface area (Å²) in [6.07, 6.45) is -4.26. The number of halogens is 4. The van der Waals surface area contributed by atoms with E-state index in [1.54, 1.807) is 0 Å². The molecule has 0 bridgehead atoms. The first-order chi connectivity index (χ1) is 7.90. The average Bonchev–Trinajstić information content (AvgIpc) is 2.22. The van der Waals surface area contributed by atoms with Crippen LogP contribution in [0.4, 0.5) is 13.2 Å². The van der Waals surface area contributed by atoms with Crippen molar-refractivity contribution in [2.45, 2.75) is 18.5 Å². The highest BCUT2D eigenvalue weighted by molar-refractivity contribution is 6.16. The second-order valence-corrected chi connectivity index (χ2v) is 3.50. The lowest BCUT2D eigenvalue weighted by atomic mass is 10.4. The van der Waals surface area contributed by atoms with E-state index >= 15 is 0 Å². The van der Waals surface area contributed by atoms with Crippen LogP contribution in [0.3, 0.4) is 0 Å². The Morgan fingerprint density at radius 2 is 2.18 bits per heavy atom. The van der Waals surface area contributed by atoms with E-state index in [2.05, 4.69) is 14.7 Å². The van der Waals surface area contributed by atoms with Gasteiger partial charge in [-0.25, -0.2) is 4.98 Å². The number of ether oxygens (including phenoxy) is 1. The fourth-order valence-corrected chi connectivity index (χ4v) is 1.24. The molecular formula is C9H10ClF3N2O2. The third-order valence-electron chi connectivity index (χ3n) is 1.73. The van der Waals surface area contributed by atoms with E-state index in [9.17, 15) is 18.0 Å². The summed E-state index contributed by atoms with van der Waals surface area (Å²) in [4.78, 5) is 17.4. The van der Waals surface area contributed by atoms with Crippen molar-refractivity contribution < 1.29 is 17.9 Å². The third-order valence-corrected chi connectivity index (χ3v) is 2.00. The highest BCUT2D eigenvalue weighted by Gasteiger charge is 2.27. The van der Waals surface area contributed by atoms with Gasteiger partial charge in [-0.1, -0.05) is 0 Å². The largest absolute Gasteiger partial charge is 0.411 e. The lowest BCUT2D eigenvalue weighted by Gasteiger charge is -2.07. The second-order valence-electron chi connectivity index (χ2n) is 3.23. The first-order valence-electron chi connectivity index (χ1n) is 4.70. The van der Waals surface area contributed by atoms with Crippen LogP contribution in [0.2, 0.25) is 0 Å². The number of aromatic nitrogens is 2. The zero-order valence-corrected chi connectivity index (χ0v) is 9.44. The zero-order chi connectivity index (χ0) is 12.9. The Bertz CT molecular complexity index is 419. The second kappa shape index (κ2) is 6.02. The molecule has 17 heavy (non-hydrogen) atoms. The molecule has 8 heteroatoms. The number of rotatable bonds is 5. The summed E-state index contributed by atoms with van der Waals surface area (Å²) in [5, 5.41) is 0. The Morgan fingerprint density at radius 3 is 2.76 bits per heavy atom. The van der Waals surface area contributed by atoms with Crippen molar-refractivity contribution in [1.82, 2.24) is 9.97 Å². The molecule has 0 radical (unpaired) electrons. The summed E-state index contributed by atoms with van der Waals surface area (Å²) in [5.41, 5.74) is -0.0114.